The number of carbonyl (C=O) groups is 2. The number of likely N-dealkylation sites (N-methyl/N-ethyl adjacent to an activating group) is 1. The highest BCUT2D eigenvalue weighted by atomic mass is 35.5. The van der Waals surface area contributed by atoms with E-state index in [0.717, 1.165) is 24.2 Å². The van der Waals surface area contributed by atoms with Crippen LogP contribution in [-0.4, -0.2) is 51.7 Å². The number of benzene rings is 2. The molecule has 33 heavy (non-hydrogen) atoms. The van der Waals surface area contributed by atoms with E-state index in [4.69, 9.17) is 16.3 Å². The van der Waals surface area contributed by atoms with Crippen LogP contribution in [0, 0.1) is 0 Å². The number of hydrogen-bond acceptors (Lipinski definition) is 6. The van der Waals surface area contributed by atoms with Gasteiger partial charge in [0.05, 0.1) is 12.9 Å². The Hall–Kier alpha value is -2.84. The fourth-order valence-corrected chi connectivity index (χ4v) is 5.26. The van der Waals surface area contributed by atoms with E-state index in [9.17, 15) is 9.59 Å². The minimum atomic E-state index is -1.04. The highest BCUT2D eigenvalue weighted by Crippen LogP contribution is 2.42. The normalized spacial score (nSPS) is 18.2. The maximum atomic E-state index is 13.2. The monoisotopic (exact) mass is 484 g/mol. The van der Waals surface area contributed by atoms with Crippen LogP contribution in [0.2, 0.25) is 5.02 Å². The average molecular weight is 485 g/mol. The van der Waals surface area contributed by atoms with Gasteiger partial charge >= 0.3 is 0 Å². The van der Waals surface area contributed by atoms with E-state index in [1.54, 1.807) is 25.1 Å². The van der Waals surface area contributed by atoms with Crippen LogP contribution < -0.4 is 4.74 Å². The highest BCUT2D eigenvalue weighted by molar-refractivity contribution is 7.99. The van der Waals surface area contributed by atoms with E-state index in [2.05, 4.69) is 15.2 Å². The SMILES string of the molecule is COc1ccc(-c2nc(SCC(=O)N(C)C3(c4ccccc4Cl)CCCCC3=O)n[nH]2)cc1. The molecule has 0 spiro atoms. The number of nitrogens with one attached hydrogen (secondary N) is 1. The predicted octanol–water partition coefficient (Wildman–Crippen LogP) is 4.72. The molecule has 9 heteroatoms. The molecule has 2 aromatic carbocycles. The quantitative estimate of drug-likeness (QED) is 0.488. The second-order valence-electron chi connectivity index (χ2n) is 7.91. The van der Waals surface area contributed by atoms with Crippen molar-refractivity contribution >= 4 is 35.1 Å². The van der Waals surface area contributed by atoms with Crippen LogP contribution in [0.5, 0.6) is 5.75 Å². The van der Waals surface area contributed by atoms with E-state index in [0.29, 0.717) is 34.4 Å². The lowest BCUT2D eigenvalue weighted by atomic mass is 9.74. The van der Waals surface area contributed by atoms with Crippen LogP contribution in [0.25, 0.3) is 11.4 Å². The van der Waals surface area contributed by atoms with Crippen LogP contribution in [0.15, 0.2) is 53.7 Å². The number of halogens is 1. The van der Waals surface area contributed by atoms with Crippen molar-refractivity contribution in [1.82, 2.24) is 20.1 Å². The second kappa shape index (κ2) is 9.97. The maximum Gasteiger partial charge on any atom is 0.233 e. The van der Waals surface area contributed by atoms with Gasteiger partial charge in [-0.3, -0.25) is 14.7 Å². The number of aromatic nitrogens is 3. The number of amides is 1. The fourth-order valence-electron chi connectivity index (χ4n) is 4.25. The van der Waals surface area contributed by atoms with E-state index < -0.39 is 5.54 Å². The average Bonchev–Trinajstić information content (AvgIpc) is 3.32. The third-order valence-corrected chi connectivity index (χ3v) is 7.23. The number of H-pyrrole nitrogens is 1. The first-order valence-corrected chi connectivity index (χ1v) is 12.1. The molecule has 1 heterocycles. The van der Waals surface area contributed by atoms with Crippen LogP contribution in [0.4, 0.5) is 0 Å². The fraction of sp³-hybridized carbons (Fsp3) is 0.333. The Balaban J connectivity index is 1.50. The van der Waals surface area contributed by atoms with Crippen molar-refractivity contribution in [2.24, 2.45) is 0 Å². The number of methoxy groups -OCH3 is 1. The molecule has 1 aromatic heterocycles. The van der Waals surface area contributed by atoms with E-state index in [1.807, 2.05) is 42.5 Å². The Morgan fingerprint density at radius 3 is 2.67 bits per heavy atom. The third kappa shape index (κ3) is 4.63. The van der Waals surface area contributed by atoms with Crippen LogP contribution in [0.1, 0.15) is 31.2 Å². The molecule has 0 aliphatic heterocycles. The predicted molar refractivity (Wildman–Crippen MR) is 128 cm³/mol. The molecule has 1 atom stereocenters. The van der Waals surface area contributed by atoms with Crippen LogP contribution in [-0.2, 0) is 15.1 Å². The largest absolute Gasteiger partial charge is 0.497 e. The minimum absolute atomic E-state index is 0.0300. The molecule has 0 bridgehead atoms. The summed E-state index contributed by atoms with van der Waals surface area (Å²) in [5.41, 5.74) is 0.516. The lowest BCUT2D eigenvalue weighted by Gasteiger charge is -2.44. The van der Waals surface area contributed by atoms with E-state index >= 15 is 0 Å². The first-order valence-electron chi connectivity index (χ1n) is 10.7. The molecular weight excluding hydrogens is 460 g/mol. The van der Waals surface area contributed by atoms with Crippen molar-refractivity contribution in [3.8, 4) is 17.1 Å². The molecule has 1 amide bonds. The molecule has 3 aromatic rings. The molecule has 1 fully saturated rings. The van der Waals surface area contributed by atoms with E-state index in [-0.39, 0.29) is 17.4 Å². The number of aromatic amines is 1. The first-order chi connectivity index (χ1) is 16.0. The molecule has 0 saturated heterocycles. The van der Waals surface area contributed by atoms with Gasteiger partial charge < -0.3 is 9.64 Å². The van der Waals surface area contributed by atoms with Gasteiger partial charge in [0.1, 0.15) is 11.3 Å². The summed E-state index contributed by atoms with van der Waals surface area (Å²) >= 11 is 7.72. The topological polar surface area (TPSA) is 88.2 Å². The summed E-state index contributed by atoms with van der Waals surface area (Å²) in [5, 5.41) is 8.09. The molecule has 1 N–H and O–H groups in total. The zero-order valence-electron chi connectivity index (χ0n) is 18.5. The third-order valence-electron chi connectivity index (χ3n) is 6.07. The van der Waals surface area contributed by atoms with Gasteiger partial charge in [-0.1, -0.05) is 41.6 Å². The standard InChI is InChI=1S/C24H25ClN4O3S/c1-29(24(14-6-5-9-20(24)30)18-7-3-4-8-19(18)25)21(31)15-33-23-26-22(27-28-23)16-10-12-17(32-2)13-11-16/h3-4,7-8,10-13H,5-6,9,14-15H2,1-2H3,(H,26,27,28). The zero-order chi connectivity index (χ0) is 23.4. The summed E-state index contributed by atoms with van der Waals surface area (Å²) in [6.07, 6.45) is 2.67. The Labute approximate surface area is 201 Å². The molecule has 1 aliphatic rings. The van der Waals surface area contributed by atoms with Gasteiger partial charge in [-0.05, 0) is 49.6 Å². The van der Waals surface area contributed by atoms with Crippen molar-refractivity contribution in [3.05, 3.63) is 59.1 Å². The second-order valence-corrected chi connectivity index (χ2v) is 9.26. The maximum absolute atomic E-state index is 13.2. The summed E-state index contributed by atoms with van der Waals surface area (Å²) in [7, 11) is 3.30. The van der Waals surface area contributed by atoms with Gasteiger partial charge in [0, 0.05) is 29.6 Å². The molecule has 1 unspecified atom stereocenters. The Kier molecular flexibility index (Phi) is 7.05. The smallest absolute Gasteiger partial charge is 0.233 e. The minimum Gasteiger partial charge on any atom is -0.497 e. The van der Waals surface area contributed by atoms with Gasteiger partial charge in [-0.15, -0.1) is 5.10 Å². The molecule has 0 radical (unpaired) electrons. The van der Waals surface area contributed by atoms with Gasteiger partial charge in [0.15, 0.2) is 11.6 Å². The van der Waals surface area contributed by atoms with Gasteiger partial charge in [0.2, 0.25) is 11.1 Å². The van der Waals surface area contributed by atoms with Crippen LogP contribution in [0.3, 0.4) is 0 Å². The van der Waals surface area contributed by atoms with Gasteiger partial charge in [0.25, 0.3) is 0 Å². The number of Topliss-reactive ketones (excluding diaryl/α,β-unsaturated/α-hetero) is 1. The lowest BCUT2D eigenvalue weighted by molar-refractivity contribution is -0.146. The first kappa shape index (κ1) is 23.3. The summed E-state index contributed by atoms with van der Waals surface area (Å²) in [4.78, 5) is 32.5. The van der Waals surface area contributed by atoms with Gasteiger partial charge in [-0.2, -0.15) is 0 Å². The summed E-state index contributed by atoms with van der Waals surface area (Å²) in [6.45, 7) is 0. The molecule has 172 valence electrons. The number of nitrogens with zero attached hydrogens (tertiary/aromatic N) is 3. The Morgan fingerprint density at radius 2 is 1.97 bits per heavy atom. The summed E-state index contributed by atoms with van der Waals surface area (Å²) in [6, 6.07) is 14.8. The highest BCUT2D eigenvalue weighted by Gasteiger charge is 2.47. The van der Waals surface area contributed by atoms with E-state index in [1.165, 1.54) is 11.8 Å². The molecule has 4 rings (SSSR count). The van der Waals surface area contributed by atoms with Crippen molar-refractivity contribution in [1.29, 1.82) is 0 Å². The van der Waals surface area contributed by atoms with Crippen molar-refractivity contribution in [3.63, 3.8) is 0 Å². The number of carbonyl (C=O) groups excluding carboxylic acids is 2. The number of ketones is 1. The van der Waals surface area contributed by atoms with Gasteiger partial charge in [-0.25, -0.2) is 4.98 Å². The molecule has 7 nitrogen and oxygen atoms in total. The van der Waals surface area contributed by atoms with Crippen molar-refractivity contribution in [2.45, 2.75) is 36.4 Å². The Bertz CT molecular complexity index is 1150. The summed E-state index contributed by atoms with van der Waals surface area (Å²) < 4.78 is 5.18. The number of rotatable bonds is 7. The molecule has 1 aliphatic carbocycles. The Morgan fingerprint density at radius 1 is 1.21 bits per heavy atom. The zero-order valence-corrected chi connectivity index (χ0v) is 20.1. The number of hydrogen-bond donors (Lipinski definition) is 1. The van der Waals surface area contributed by atoms with Crippen molar-refractivity contribution in [2.75, 3.05) is 19.9 Å². The van der Waals surface area contributed by atoms with Crippen LogP contribution >= 0.6 is 23.4 Å². The van der Waals surface area contributed by atoms with Crippen molar-refractivity contribution < 1.29 is 14.3 Å². The summed E-state index contributed by atoms with van der Waals surface area (Å²) in [5.74, 6) is 1.33. The molecular formula is C24H25ClN4O3S. The lowest BCUT2D eigenvalue weighted by Crippen LogP contribution is -2.54. The molecule has 1 saturated carbocycles. The number of thioether (sulfide) groups is 1. The number of ether oxygens (including phenoxy) is 1.